The molecule has 1 amide bonds. The van der Waals surface area contributed by atoms with E-state index in [1.807, 2.05) is 6.20 Å². The molecule has 1 saturated carbocycles. The minimum absolute atomic E-state index is 0.108. The van der Waals surface area contributed by atoms with Gasteiger partial charge >= 0.3 is 0 Å². The number of aromatic nitrogens is 2. The minimum atomic E-state index is 0.108. The molecule has 1 fully saturated rings. The molecule has 5 heteroatoms. The lowest BCUT2D eigenvalue weighted by Gasteiger charge is -2.13. The zero-order chi connectivity index (χ0) is 16.2. The number of hydrogen-bond donors (Lipinski definition) is 1. The summed E-state index contributed by atoms with van der Waals surface area (Å²) in [6.07, 6.45) is 8.44. The second kappa shape index (κ2) is 7.21. The van der Waals surface area contributed by atoms with Crippen LogP contribution in [0.4, 0.5) is 0 Å². The van der Waals surface area contributed by atoms with Crippen LogP contribution >= 0.6 is 11.8 Å². The maximum Gasteiger partial charge on any atom is 0.230 e. The van der Waals surface area contributed by atoms with Gasteiger partial charge in [0.05, 0.1) is 11.4 Å². The molecule has 3 rings (SSSR count). The Morgan fingerprint density at radius 2 is 2.13 bits per heavy atom. The Morgan fingerprint density at radius 3 is 2.87 bits per heavy atom. The summed E-state index contributed by atoms with van der Waals surface area (Å²) in [4.78, 5) is 16.5. The Hall–Kier alpha value is -1.75. The molecule has 0 saturated heterocycles. The van der Waals surface area contributed by atoms with Crippen molar-refractivity contribution in [3.8, 4) is 5.69 Å². The van der Waals surface area contributed by atoms with Crippen LogP contribution in [0.1, 0.15) is 36.8 Å². The topological polar surface area (TPSA) is 46.9 Å². The Morgan fingerprint density at radius 1 is 1.35 bits per heavy atom. The summed E-state index contributed by atoms with van der Waals surface area (Å²) in [5.74, 6) is 0.524. The van der Waals surface area contributed by atoms with E-state index in [9.17, 15) is 4.79 Å². The van der Waals surface area contributed by atoms with E-state index in [1.165, 1.54) is 35.7 Å². The van der Waals surface area contributed by atoms with Crippen molar-refractivity contribution in [2.45, 2.75) is 50.7 Å². The first-order valence-corrected chi connectivity index (χ1v) is 9.15. The summed E-state index contributed by atoms with van der Waals surface area (Å²) < 4.78 is 2.06. The van der Waals surface area contributed by atoms with Crippen LogP contribution in [0.5, 0.6) is 0 Å². The zero-order valence-corrected chi connectivity index (χ0v) is 14.5. The molecule has 0 radical (unpaired) electrons. The number of benzene rings is 1. The normalized spacial score (nSPS) is 15.0. The predicted molar refractivity (Wildman–Crippen MR) is 94.2 cm³/mol. The molecule has 0 spiro atoms. The highest BCUT2D eigenvalue weighted by Gasteiger charge is 2.17. The minimum Gasteiger partial charge on any atom is -0.353 e. The first-order chi connectivity index (χ1) is 11.1. The van der Waals surface area contributed by atoms with Gasteiger partial charge in [-0.25, -0.2) is 4.98 Å². The predicted octanol–water partition coefficient (Wildman–Crippen LogP) is 3.64. The molecule has 2 aromatic rings. The number of carbonyl (C=O) groups is 1. The molecule has 1 N–H and O–H groups in total. The fourth-order valence-electron chi connectivity index (χ4n) is 3.13. The van der Waals surface area contributed by atoms with E-state index in [4.69, 9.17) is 0 Å². The number of carbonyl (C=O) groups excluding carboxylic acids is 1. The number of imidazole rings is 1. The van der Waals surface area contributed by atoms with Crippen LogP contribution < -0.4 is 5.32 Å². The van der Waals surface area contributed by atoms with Crippen molar-refractivity contribution in [1.29, 1.82) is 0 Å². The third-order valence-corrected chi connectivity index (χ3v) is 5.24. The average Bonchev–Trinajstić information content (AvgIpc) is 3.16. The highest BCUT2D eigenvalue weighted by molar-refractivity contribution is 7.99. The number of thioether (sulfide) groups is 1. The van der Waals surface area contributed by atoms with Gasteiger partial charge < -0.3 is 5.32 Å². The van der Waals surface area contributed by atoms with Gasteiger partial charge in [0.1, 0.15) is 0 Å². The second-order valence-electron chi connectivity index (χ2n) is 6.21. The van der Waals surface area contributed by atoms with Crippen LogP contribution in [-0.4, -0.2) is 27.3 Å². The average molecular weight is 329 g/mol. The molecule has 1 aliphatic rings. The summed E-state index contributed by atoms with van der Waals surface area (Å²) in [5, 5.41) is 3.98. The highest BCUT2D eigenvalue weighted by Crippen LogP contribution is 2.24. The zero-order valence-electron chi connectivity index (χ0n) is 13.7. The van der Waals surface area contributed by atoms with Gasteiger partial charge in [0, 0.05) is 18.4 Å². The fourth-order valence-corrected chi connectivity index (χ4v) is 3.90. The molecule has 0 bridgehead atoms. The lowest BCUT2D eigenvalue weighted by Crippen LogP contribution is -2.33. The van der Waals surface area contributed by atoms with E-state index >= 15 is 0 Å². The highest BCUT2D eigenvalue weighted by atomic mass is 32.2. The summed E-state index contributed by atoms with van der Waals surface area (Å²) in [5.41, 5.74) is 3.57. The monoisotopic (exact) mass is 329 g/mol. The Labute approximate surface area is 141 Å². The number of hydrogen-bond acceptors (Lipinski definition) is 3. The van der Waals surface area contributed by atoms with Gasteiger partial charge in [-0.15, -0.1) is 0 Å². The van der Waals surface area contributed by atoms with Crippen LogP contribution in [0.2, 0.25) is 0 Å². The molecule has 1 aliphatic carbocycles. The number of nitrogens with one attached hydrogen (secondary N) is 1. The molecule has 122 valence electrons. The van der Waals surface area contributed by atoms with Crippen LogP contribution in [0.15, 0.2) is 35.7 Å². The maximum atomic E-state index is 12.1. The summed E-state index contributed by atoms with van der Waals surface area (Å²) in [7, 11) is 0. The van der Waals surface area contributed by atoms with E-state index in [1.54, 1.807) is 6.20 Å². The number of aryl methyl sites for hydroxylation is 2. The molecule has 0 unspecified atom stereocenters. The van der Waals surface area contributed by atoms with Gasteiger partial charge in [0.25, 0.3) is 0 Å². The van der Waals surface area contributed by atoms with Crippen molar-refractivity contribution in [1.82, 2.24) is 14.9 Å². The molecule has 4 nitrogen and oxygen atoms in total. The Balaban J connectivity index is 1.65. The van der Waals surface area contributed by atoms with Gasteiger partial charge in [0.2, 0.25) is 5.91 Å². The molecule has 0 aliphatic heterocycles. The molecule has 23 heavy (non-hydrogen) atoms. The third-order valence-electron chi connectivity index (χ3n) is 4.27. The van der Waals surface area contributed by atoms with Gasteiger partial charge in [0.15, 0.2) is 5.16 Å². The van der Waals surface area contributed by atoms with Gasteiger partial charge in [-0.3, -0.25) is 9.36 Å². The molecule has 1 aromatic heterocycles. The number of nitrogens with zero attached hydrogens (tertiary/aromatic N) is 2. The number of amides is 1. The Bertz CT molecular complexity index is 689. The van der Waals surface area contributed by atoms with Crippen molar-refractivity contribution in [2.75, 3.05) is 5.75 Å². The molecule has 1 aromatic carbocycles. The van der Waals surface area contributed by atoms with Crippen molar-refractivity contribution in [3.63, 3.8) is 0 Å². The van der Waals surface area contributed by atoms with Crippen LogP contribution in [0.3, 0.4) is 0 Å². The second-order valence-corrected chi connectivity index (χ2v) is 7.15. The molecular formula is C18H23N3OS. The quantitative estimate of drug-likeness (QED) is 0.852. The van der Waals surface area contributed by atoms with Gasteiger partial charge in [-0.05, 0) is 38.3 Å². The SMILES string of the molecule is Cc1ccc(-n2ccnc2SCC(=O)NC2CCCC2)c(C)c1. The van der Waals surface area contributed by atoms with Crippen LogP contribution in [0, 0.1) is 13.8 Å². The van der Waals surface area contributed by atoms with Crippen molar-refractivity contribution < 1.29 is 4.79 Å². The van der Waals surface area contributed by atoms with E-state index in [2.05, 4.69) is 46.9 Å². The van der Waals surface area contributed by atoms with Gasteiger partial charge in [-0.2, -0.15) is 0 Å². The summed E-state index contributed by atoms with van der Waals surface area (Å²) in [6.45, 7) is 4.19. The van der Waals surface area contributed by atoms with Crippen molar-refractivity contribution >= 4 is 17.7 Å². The maximum absolute atomic E-state index is 12.1. The van der Waals surface area contributed by atoms with Gasteiger partial charge in [-0.1, -0.05) is 42.3 Å². The largest absolute Gasteiger partial charge is 0.353 e. The fraction of sp³-hybridized carbons (Fsp3) is 0.444. The van der Waals surface area contributed by atoms with Crippen LogP contribution in [-0.2, 0) is 4.79 Å². The first-order valence-electron chi connectivity index (χ1n) is 8.16. The first kappa shape index (κ1) is 16.1. The standard InChI is InChI=1S/C18H23N3OS/c1-13-7-8-16(14(2)11-13)21-10-9-19-18(21)23-12-17(22)20-15-5-3-4-6-15/h7-11,15H,3-6,12H2,1-2H3,(H,20,22). The molecule has 1 heterocycles. The molecule has 0 atom stereocenters. The number of rotatable bonds is 5. The van der Waals surface area contributed by atoms with E-state index in [0.29, 0.717) is 11.8 Å². The lowest BCUT2D eigenvalue weighted by molar-refractivity contribution is -0.119. The van der Waals surface area contributed by atoms with E-state index in [-0.39, 0.29) is 5.91 Å². The summed E-state index contributed by atoms with van der Waals surface area (Å²) in [6, 6.07) is 6.75. The smallest absolute Gasteiger partial charge is 0.230 e. The lowest BCUT2D eigenvalue weighted by atomic mass is 10.1. The third kappa shape index (κ3) is 3.96. The molecular weight excluding hydrogens is 306 g/mol. The van der Waals surface area contributed by atoms with Crippen LogP contribution in [0.25, 0.3) is 5.69 Å². The van der Waals surface area contributed by atoms with E-state index < -0.39 is 0 Å². The van der Waals surface area contributed by atoms with Crippen molar-refractivity contribution in [3.05, 3.63) is 41.7 Å². The summed E-state index contributed by atoms with van der Waals surface area (Å²) >= 11 is 1.49. The van der Waals surface area contributed by atoms with E-state index in [0.717, 1.165) is 23.7 Å². The van der Waals surface area contributed by atoms with Crippen molar-refractivity contribution in [2.24, 2.45) is 0 Å². The Kier molecular flexibility index (Phi) is 5.06.